The normalized spacial score (nSPS) is 17.4. The van der Waals surface area contributed by atoms with Crippen LogP contribution in [0, 0.1) is 5.41 Å². The van der Waals surface area contributed by atoms with Crippen LogP contribution < -0.4 is 10.2 Å². The molecular weight excluding hydrogens is 476 g/mol. The maximum Gasteiger partial charge on any atom is 0.410 e. The van der Waals surface area contributed by atoms with Gasteiger partial charge in [0.05, 0.1) is 5.56 Å². The van der Waals surface area contributed by atoms with Gasteiger partial charge in [-0.15, -0.1) is 0 Å². The van der Waals surface area contributed by atoms with Gasteiger partial charge in [0.15, 0.2) is 6.29 Å². The first-order valence-electron chi connectivity index (χ1n) is 12.7. The number of likely N-dealkylation sites (tertiary alicyclic amines) is 1. The standard InChI is InChI=1S/C27H38N4O6/c1-26(2,3)37-25(36)30-12-10-27(11-13-30)17-31(18-27)20-8-9-21(19(15-20)16-33)24(35)29(5)22(7-6-14-32)23(34)28-4/h8-9,14-16,22H,6-7,10-13,17-18H2,1-5H3,(H,28,34). The third-order valence-electron chi connectivity index (χ3n) is 7.18. The van der Waals surface area contributed by atoms with Crippen molar-refractivity contribution in [2.45, 2.75) is 58.1 Å². The summed E-state index contributed by atoms with van der Waals surface area (Å²) in [4.78, 5) is 65.7. The number of hydrogen-bond acceptors (Lipinski definition) is 7. The van der Waals surface area contributed by atoms with E-state index < -0.39 is 17.6 Å². The lowest BCUT2D eigenvalue weighted by molar-refractivity contribution is -0.125. The molecule has 10 nitrogen and oxygen atoms in total. The fraction of sp³-hybridized carbons (Fsp3) is 0.593. The van der Waals surface area contributed by atoms with E-state index in [2.05, 4.69) is 10.2 Å². The first kappa shape index (κ1) is 28.1. The quantitative estimate of drug-likeness (QED) is 0.530. The van der Waals surface area contributed by atoms with Gasteiger partial charge in [0.1, 0.15) is 17.9 Å². The lowest BCUT2D eigenvalue weighted by Crippen LogP contribution is -2.61. The van der Waals surface area contributed by atoms with Gasteiger partial charge in [-0.3, -0.25) is 14.4 Å². The molecular formula is C27H38N4O6. The summed E-state index contributed by atoms with van der Waals surface area (Å²) in [6.45, 7) is 8.50. The zero-order chi connectivity index (χ0) is 27.4. The van der Waals surface area contributed by atoms with E-state index in [0.717, 1.165) is 31.6 Å². The monoisotopic (exact) mass is 514 g/mol. The Balaban J connectivity index is 1.64. The molecule has 0 radical (unpaired) electrons. The van der Waals surface area contributed by atoms with E-state index in [-0.39, 0.29) is 41.4 Å². The SMILES string of the molecule is CNC(=O)C(CCC=O)N(C)C(=O)c1ccc(N2CC3(CCN(C(=O)OC(C)(C)C)CC3)C2)cc1C=O. The molecule has 1 spiro atoms. The van der Waals surface area contributed by atoms with E-state index in [1.165, 1.54) is 19.0 Å². The first-order valence-corrected chi connectivity index (χ1v) is 12.7. The predicted molar refractivity (Wildman–Crippen MR) is 139 cm³/mol. The van der Waals surface area contributed by atoms with Crippen LogP contribution in [0.3, 0.4) is 0 Å². The first-order chi connectivity index (χ1) is 17.4. The van der Waals surface area contributed by atoms with Crippen molar-refractivity contribution in [3.8, 4) is 0 Å². The van der Waals surface area contributed by atoms with E-state index in [9.17, 15) is 24.0 Å². The highest BCUT2D eigenvalue weighted by molar-refractivity contribution is 6.03. The summed E-state index contributed by atoms with van der Waals surface area (Å²) in [5.41, 5.74) is 0.916. The van der Waals surface area contributed by atoms with Gasteiger partial charge >= 0.3 is 6.09 Å². The molecule has 2 fully saturated rings. The Hall–Kier alpha value is -3.43. The number of piperidine rings is 1. The maximum atomic E-state index is 13.2. The molecule has 1 aromatic rings. The van der Waals surface area contributed by atoms with Gasteiger partial charge < -0.3 is 29.5 Å². The van der Waals surface area contributed by atoms with Crippen LogP contribution in [0.15, 0.2) is 18.2 Å². The van der Waals surface area contributed by atoms with Gasteiger partial charge in [0, 0.05) is 63.4 Å². The van der Waals surface area contributed by atoms with Gasteiger partial charge in [-0.1, -0.05) is 0 Å². The van der Waals surface area contributed by atoms with Crippen LogP contribution in [0.2, 0.25) is 0 Å². The number of carbonyl (C=O) groups excluding carboxylic acids is 5. The summed E-state index contributed by atoms with van der Waals surface area (Å²) in [5.74, 6) is -0.826. The van der Waals surface area contributed by atoms with Crippen molar-refractivity contribution in [2.75, 3.05) is 45.2 Å². The molecule has 2 aliphatic rings. The van der Waals surface area contributed by atoms with Crippen molar-refractivity contribution < 1.29 is 28.7 Å². The topological polar surface area (TPSA) is 116 Å². The highest BCUT2D eigenvalue weighted by Gasteiger charge is 2.46. The molecule has 0 bridgehead atoms. The van der Waals surface area contributed by atoms with Gasteiger partial charge in [0.2, 0.25) is 5.91 Å². The third-order valence-corrected chi connectivity index (χ3v) is 7.18. The molecule has 1 unspecified atom stereocenters. The average Bonchev–Trinajstić information content (AvgIpc) is 2.85. The van der Waals surface area contributed by atoms with Crippen molar-refractivity contribution in [1.82, 2.24) is 15.1 Å². The molecule has 0 aromatic heterocycles. The van der Waals surface area contributed by atoms with Gasteiger partial charge in [0.25, 0.3) is 5.91 Å². The molecule has 0 saturated carbocycles. The second-order valence-corrected chi connectivity index (χ2v) is 11.0. The fourth-order valence-electron chi connectivity index (χ4n) is 5.02. The Bertz CT molecular complexity index is 1030. The van der Waals surface area contributed by atoms with Crippen LogP contribution in [0.5, 0.6) is 0 Å². The minimum atomic E-state index is -0.816. The highest BCUT2D eigenvalue weighted by atomic mass is 16.6. The van der Waals surface area contributed by atoms with Crippen LogP contribution in [0.25, 0.3) is 0 Å². The molecule has 3 amide bonds. The second-order valence-electron chi connectivity index (χ2n) is 11.0. The van der Waals surface area contributed by atoms with Crippen LogP contribution in [0.4, 0.5) is 10.5 Å². The number of anilines is 1. The maximum absolute atomic E-state index is 13.2. The molecule has 202 valence electrons. The summed E-state index contributed by atoms with van der Waals surface area (Å²) in [6.07, 6.45) is 3.19. The van der Waals surface area contributed by atoms with E-state index in [0.29, 0.717) is 25.7 Å². The Morgan fingerprint density at radius 2 is 1.81 bits per heavy atom. The minimum Gasteiger partial charge on any atom is -0.444 e. The third kappa shape index (κ3) is 6.47. The van der Waals surface area contributed by atoms with E-state index in [1.54, 1.807) is 17.0 Å². The summed E-state index contributed by atoms with van der Waals surface area (Å²) in [5, 5.41) is 2.52. The molecule has 1 N–H and O–H groups in total. The second kappa shape index (κ2) is 11.3. The largest absolute Gasteiger partial charge is 0.444 e. The number of nitrogens with one attached hydrogen (secondary N) is 1. The van der Waals surface area contributed by atoms with Crippen molar-refractivity contribution >= 4 is 36.2 Å². The molecule has 1 aromatic carbocycles. The van der Waals surface area contributed by atoms with Crippen molar-refractivity contribution in [1.29, 1.82) is 0 Å². The molecule has 2 aliphatic heterocycles. The van der Waals surface area contributed by atoms with Crippen molar-refractivity contribution in [3.05, 3.63) is 29.3 Å². The molecule has 10 heteroatoms. The summed E-state index contributed by atoms with van der Waals surface area (Å²) in [7, 11) is 2.97. The summed E-state index contributed by atoms with van der Waals surface area (Å²) >= 11 is 0. The average molecular weight is 515 g/mol. The smallest absolute Gasteiger partial charge is 0.410 e. The Morgan fingerprint density at radius 1 is 1.16 bits per heavy atom. The van der Waals surface area contributed by atoms with Crippen molar-refractivity contribution in [3.63, 3.8) is 0 Å². The Labute approximate surface area is 218 Å². The molecule has 1 atom stereocenters. The number of carbonyl (C=O) groups is 5. The predicted octanol–water partition coefficient (Wildman–Crippen LogP) is 2.50. The van der Waals surface area contributed by atoms with Crippen LogP contribution in [-0.2, 0) is 14.3 Å². The number of amides is 3. The van der Waals surface area contributed by atoms with Gasteiger partial charge in [-0.25, -0.2) is 4.79 Å². The molecule has 3 rings (SSSR count). The van der Waals surface area contributed by atoms with Crippen LogP contribution >= 0.6 is 0 Å². The van der Waals surface area contributed by atoms with E-state index >= 15 is 0 Å². The van der Waals surface area contributed by atoms with E-state index in [4.69, 9.17) is 4.74 Å². The minimum absolute atomic E-state index is 0.119. The van der Waals surface area contributed by atoms with Gasteiger partial charge in [-0.2, -0.15) is 0 Å². The molecule has 2 heterocycles. The fourth-order valence-corrected chi connectivity index (χ4v) is 5.02. The summed E-state index contributed by atoms with van der Waals surface area (Å²) in [6, 6.07) is 4.33. The summed E-state index contributed by atoms with van der Waals surface area (Å²) < 4.78 is 5.49. The number of benzene rings is 1. The Morgan fingerprint density at radius 3 is 2.35 bits per heavy atom. The van der Waals surface area contributed by atoms with Crippen LogP contribution in [0.1, 0.15) is 67.2 Å². The van der Waals surface area contributed by atoms with E-state index in [1.807, 2.05) is 26.8 Å². The lowest BCUT2D eigenvalue weighted by atomic mass is 9.72. The van der Waals surface area contributed by atoms with Gasteiger partial charge in [-0.05, 0) is 58.2 Å². The molecule has 2 saturated heterocycles. The molecule has 0 aliphatic carbocycles. The van der Waals surface area contributed by atoms with Crippen molar-refractivity contribution in [2.24, 2.45) is 5.41 Å². The zero-order valence-electron chi connectivity index (χ0n) is 22.4. The number of hydrogen-bond donors (Lipinski definition) is 1. The zero-order valence-corrected chi connectivity index (χ0v) is 22.4. The Kier molecular flexibility index (Phi) is 8.60. The molecule has 37 heavy (non-hydrogen) atoms. The number of aldehydes is 2. The lowest BCUT2D eigenvalue weighted by Gasteiger charge is -2.55. The number of likely N-dealkylation sites (N-methyl/N-ethyl adjacent to an activating group) is 2. The number of ether oxygens (including phenoxy) is 1. The number of nitrogens with zero attached hydrogens (tertiary/aromatic N) is 3. The number of rotatable bonds is 8. The van der Waals surface area contributed by atoms with Crippen LogP contribution in [-0.4, -0.2) is 92.2 Å². The highest BCUT2D eigenvalue weighted by Crippen LogP contribution is 2.43.